The maximum absolute atomic E-state index is 4.13. The predicted octanol–water partition coefficient (Wildman–Crippen LogP) is 1.74. The molecule has 0 bridgehead atoms. The summed E-state index contributed by atoms with van der Waals surface area (Å²) in [7, 11) is 4.02. The molecule has 0 amide bonds. The van der Waals surface area contributed by atoms with Crippen LogP contribution in [0.1, 0.15) is 0 Å². The Hall–Kier alpha value is -1.08. The molecule has 0 saturated heterocycles. The molecule has 0 aliphatic heterocycles. The van der Waals surface area contributed by atoms with Gasteiger partial charge in [-0.25, -0.2) is 0 Å². The maximum atomic E-state index is 4.13. The van der Waals surface area contributed by atoms with Crippen LogP contribution in [0.5, 0.6) is 0 Å². The Morgan fingerprint density at radius 1 is 1.33 bits per heavy atom. The van der Waals surface area contributed by atoms with E-state index in [4.69, 9.17) is 0 Å². The van der Waals surface area contributed by atoms with Crippen molar-refractivity contribution < 1.29 is 21.1 Å². The summed E-state index contributed by atoms with van der Waals surface area (Å²) in [4.78, 5) is 2.05. The van der Waals surface area contributed by atoms with Crippen LogP contribution in [0.25, 0.3) is 5.69 Å². The maximum Gasteiger partial charge on any atom is 0.0493 e. The van der Waals surface area contributed by atoms with Gasteiger partial charge in [0.25, 0.3) is 0 Å². The van der Waals surface area contributed by atoms with Crippen molar-refractivity contribution in [3.8, 4) is 5.69 Å². The smallest absolute Gasteiger partial charge is 0.0493 e. The van der Waals surface area contributed by atoms with Gasteiger partial charge in [-0.1, -0.05) is 5.69 Å². The summed E-state index contributed by atoms with van der Waals surface area (Å²) in [5.74, 6) is 0. The van der Waals surface area contributed by atoms with E-state index in [1.54, 1.807) is 10.9 Å². The Bertz CT molecular complexity index is 392. The van der Waals surface area contributed by atoms with Gasteiger partial charge < -0.3 is 4.90 Å². The average Bonchev–Trinajstić information content (AvgIpc) is 2.71. The number of benzene rings is 1. The van der Waals surface area contributed by atoms with Crippen LogP contribution in [0.15, 0.2) is 36.7 Å². The molecule has 0 radical (unpaired) electrons. The predicted molar refractivity (Wildman–Crippen MR) is 56.7 cm³/mol. The standard InChI is InChI=1S/C11H12N3.Pt/c1-13(2)10-4-6-11(7-5-10)14-9-3-8-12-14;/h3-6,8-9H,1-2H3;/q-1;. The van der Waals surface area contributed by atoms with E-state index in [1.165, 1.54) is 0 Å². The molecule has 1 aromatic heterocycles. The second-order valence-electron chi connectivity index (χ2n) is 3.28. The van der Waals surface area contributed by atoms with Crippen LogP contribution >= 0.6 is 0 Å². The minimum Gasteiger partial charge on any atom is -0.429 e. The van der Waals surface area contributed by atoms with Gasteiger partial charge in [-0.3, -0.25) is 4.68 Å². The first kappa shape index (κ1) is 12.0. The van der Waals surface area contributed by atoms with Crippen molar-refractivity contribution >= 4 is 5.69 Å². The molecule has 0 unspecified atom stereocenters. The quantitative estimate of drug-likeness (QED) is 0.739. The Kier molecular flexibility index (Phi) is 4.10. The first-order valence-corrected chi connectivity index (χ1v) is 4.46. The summed E-state index contributed by atoms with van der Waals surface area (Å²) in [5.41, 5.74) is 2.10. The fraction of sp³-hybridized carbons (Fsp3) is 0.182. The molecular weight excluding hydrogens is 369 g/mol. The molecule has 0 atom stereocenters. The summed E-state index contributed by atoms with van der Waals surface area (Å²) in [5, 5.41) is 4.13. The summed E-state index contributed by atoms with van der Waals surface area (Å²) in [6.07, 6.45) is 3.66. The third kappa shape index (κ3) is 2.69. The van der Waals surface area contributed by atoms with Crippen LogP contribution < -0.4 is 4.90 Å². The van der Waals surface area contributed by atoms with Gasteiger partial charge in [-0.2, -0.15) is 17.2 Å². The number of hydrogen-bond donors (Lipinski definition) is 0. The number of rotatable bonds is 2. The number of aromatic nitrogens is 2. The molecule has 0 aliphatic rings. The van der Waals surface area contributed by atoms with E-state index < -0.39 is 0 Å². The number of nitrogens with zero attached hydrogens (tertiary/aromatic N) is 3. The molecule has 15 heavy (non-hydrogen) atoms. The summed E-state index contributed by atoms with van der Waals surface area (Å²) in [6.45, 7) is 0. The fourth-order valence-electron chi connectivity index (χ4n) is 1.24. The molecule has 3 nitrogen and oxygen atoms in total. The van der Waals surface area contributed by atoms with E-state index in [9.17, 15) is 0 Å². The van der Waals surface area contributed by atoms with E-state index in [1.807, 2.05) is 49.5 Å². The van der Waals surface area contributed by atoms with Crippen molar-refractivity contribution in [1.82, 2.24) is 9.78 Å². The van der Waals surface area contributed by atoms with E-state index >= 15 is 0 Å². The van der Waals surface area contributed by atoms with Crippen molar-refractivity contribution in [1.29, 1.82) is 0 Å². The number of anilines is 1. The molecule has 1 heterocycles. The molecule has 1 aromatic carbocycles. The minimum atomic E-state index is 0. The van der Waals surface area contributed by atoms with Gasteiger partial charge in [0, 0.05) is 33.5 Å². The van der Waals surface area contributed by atoms with Crippen molar-refractivity contribution in [2.24, 2.45) is 0 Å². The Morgan fingerprint density at radius 3 is 2.60 bits per heavy atom. The van der Waals surface area contributed by atoms with Crippen molar-refractivity contribution in [3.05, 3.63) is 42.7 Å². The van der Waals surface area contributed by atoms with E-state index in [0.29, 0.717) is 0 Å². The van der Waals surface area contributed by atoms with E-state index in [-0.39, 0.29) is 21.1 Å². The average molecular weight is 381 g/mol. The molecule has 0 spiro atoms. The largest absolute Gasteiger partial charge is 0.429 e. The van der Waals surface area contributed by atoms with Gasteiger partial charge in [0.1, 0.15) is 0 Å². The van der Waals surface area contributed by atoms with E-state index in [2.05, 4.69) is 11.2 Å². The van der Waals surface area contributed by atoms with Gasteiger partial charge >= 0.3 is 0 Å². The van der Waals surface area contributed by atoms with Crippen LogP contribution in [0, 0.1) is 6.07 Å². The molecule has 0 saturated carbocycles. The Morgan fingerprint density at radius 2 is 2.13 bits per heavy atom. The van der Waals surface area contributed by atoms with E-state index in [0.717, 1.165) is 11.4 Å². The Labute approximate surface area is 104 Å². The second kappa shape index (κ2) is 5.13. The van der Waals surface area contributed by atoms with Crippen molar-refractivity contribution in [2.75, 3.05) is 19.0 Å². The van der Waals surface area contributed by atoms with Crippen LogP contribution in [-0.4, -0.2) is 23.9 Å². The fourth-order valence-corrected chi connectivity index (χ4v) is 1.24. The first-order chi connectivity index (χ1) is 6.77. The third-order valence-corrected chi connectivity index (χ3v) is 2.05. The van der Waals surface area contributed by atoms with Crippen LogP contribution in [-0.2, 0) is 21.1 Å². The second-order valence-corrected chi connectivity index (χ2v) is 3.28. The van der Waals surface area contributed by atoms with Crippen molar-refractivity contribution in [2.45, 2.75) is 0 Å². The molecule has 4 heteroatoms. The summed E-state index contributed by atoms with van der Waals surface area (Å²) in [6, 6.07) is 11.1. The monoisotopic (exact) mass is 381 g/mol. The minimum absolute atomic E-state index is 0. The molecule has 0 N–H and O–H groups in total. The van der Waals surface area contributed by atoms with Gasteiger partial charge in [-0.05, 0) is 25.8 Å². The normalized spacial score (nSPS) is 9.47. The molecule has 0 fully saturated rings. The molecular formula is C11H12N3Pt-. The summed E-state index contributed by atoms with van der Waals surface area (Å²) >= 11 is 0. The SMILES string of the molecule is CN(C)c1c[c-]c(-n2cccn2)cc1.[Pt]. The first-order valence-electron chi connectivity index (χ1n) is 4.46. The molecule has 2 aromatic rings. The van der Waals surface area contributed by atoms with Gasteiger partial charge in [0.05, 0.1) is 0 Å². The molecule has 2 rings (SSSR count). The van der Waals surface area contributed by atoms with Crippen LogP contribution in [0.4, 0.5) is 5.69 Å². The Balaban J connectivity index is 0.00000112. The van der Waals surface area contributed by atoms with Gasteiger partial charge in [0.15, 0.2) is 0 Å². The molecule has 0 aliphatic carbocycles. The van der Waals surface area contributed by atoms with Gasteiger partial charge in [-0.15, -0.1) is 12.1 Å². The number of hydrogen-bond acceptors (Lipinski definition) is 2. The molecule has 82 valence electrons. The van der Waals surface area contributed by atoms with Crippen LogP contribution in [0.3, 0.4) is 0 Å². The summed E-state index contributed by atoms with van der Waals surface area (Å²) < 4.78 is 1.79. The van der Waals surface area contributed by atoms with Crippen molar-refractivity contribution in [3.63, 3.8) is 0 Å². The topological polar surface area (TPSA) is 21.1 Å². The zero-order chi connectivity index (χ0) is 9.97. The van der Waals surface area contributed by atoms with Gasteiger partial charge in [0.2, 0.25) is 0 Å². The zero-order valence-corrected chi connectivity index (χ0v) is 10.9. The van der Waals surface area contributed by atoms with Crippen LogP contribution in [0.2, 0.25) is 0 Å². The zero-order valence-electron chi connectivity index (χ0n) is 8.62. The third-order valence-electron chi connectivity index (χ3n) is 2.05.